The third-order valence-electron chi connectivity index (χ3n) is 4.44. The van der Waals surface area contributed by atoms with E-state index in [1.165, 1.54) is 0 Å². The molecule has 4 heteroatoms. The number of ether oxygens (including phenoxy) is 1. The van der Waals surface area contributed by atoms with Crippen molar-refractivity contribution < 1.29 is 9.53 Å². The smallest absolute Gasteiger partial charge is 0.164 e. The van der Waals surface area contributed by atoms with E-state index in [1.54, 1.807) is 0 Å². The normalized spacial score (nSPS) is 16.8. The van der Waals surface area contributed by atoms with Crippen molar-refractivity contribution in [2.24, 2.45) is 0 Å². The number of aryl methyl sites for hydroxylation is 2. The molecule has 0 radical (unpaired) electrons. The maximum atomic E-state index is 12.6. The first-order valence-corrected chi connectivity index (χ1v) is 8.59. The minimum Gasteiger partial charge on any atom is -0.491 e. The number of carbonyl (C=O) groups is 1. The van der Waals surface area contributed by atoms with Gasteiger partial charge < -0.3 is 14.5 Å². The van der Waals surface area contributed by atoms with Gasteiger partial charge in [-0.15, -0.1) is 0 Å². The monoisotopic (exact) mass is 318 g/mol. The van der Waals surface area contributed by atoms with E-state index < -0.39 is 0 Å². The molecule has 0 atom stereocenters. The highest BCUT2D eigenvalue weighted by atomic mass is 16.5. The molecule has 1 fully saturated rings. The molecule has 2 rings (SSSR count). The van der Waals surface area contributed by atoms with Crippen molar-refractivity contribution in [2.75, 3.05) is 39.8 Å². The maximum absolute atomic E-state index is 12.6. The van der Waals surface area contributed by atoms with Crippen LogP contribution >= 0.6 is 0 Å². The van der Waals surface area contributed by atoms with Gasteiger partial charge in [-0.3, -0.25) is 4.79 Å². The van der Waals surface area contributed by atoms with E-state index in [0.717, 1.165) is 55.2 Å². The molecule has 1 aromatic carbocycles. The molecule has 0 amide bonds. The van der Waals surface area contributed by atoms with Crippen LogP contribution in [-0.4, -0.2) is 61.5 Å². The van der Waals surface area contributed by atoms with Crippen LogP contribution in [0, 0.1) is 13.8 Å². The number of piperazine rings is 1. The second-order valence-corrected chi connectivity index (χ2v) is 6.92. The third kappa shape index (κ3) is 5.05. The first kappa shape index (κ1) is 18.0. The molecular weight excluding hydrogens is 288 g/mol. The van der Waals surface area contributed by atoms with Crippen molar-refractivity contribution in [3.05, 3.63) is 28.8 Å². The highest BCUT2D eigenvalue weighted by Gasteiger charge is 2.17. The average molecular weight is 318 g/mol. The van der Waals surface area contributed by atoms with Crippen LogP contribution in [-0.2, 0) is 0 Å². The number of ketones is 1. The van der Waals surface area contributed by atoms with E-state index in [-0.39, 0.29) is 11.9 Å². The molecule has 0 unspecified atom stereocenters. The Morgan fingerprint density at radius 3 is 2.39 bits per heavy atom. The molecule has 1 aromatic rings. The number of carbonyl (C=O) groups excluding carboxylic acids is 1. The lowest BCUT2D eigenvalue weighted by atomic mass is 9.99. The molecule has 128 valence electrons. The van der Waals surface area contributed by atoms with Crippen LogP contribution in [0.4, 0.5) is 0 Å². The number of rotatable bonds is 6. The molecule has 4 nitrogen and oxygen atoms in total. The Morgan fingerprint density at radius 1 is 1.13 bits per heavy atom. The number of hydrogen-bond donors (Lipinski definition) is 0. The second-order valence-electron chi connectivity index (χ2n) is 6.92. The zero-order valence-corrected chi connectivity index (χ0v) is 15.2. The third-order valence-corrected chi connectivity index (χ3v) is 4.44. The van der Waals surface area contributed by atoms with E-state index in [9.17, 15) is 4.79 Å². The first-order chi connectivity index (χ1) is 10.9. The lowest BCUT2D eigenvalue weighted by molar-refractivity contribution is 0.0941. The van der Waals surface area contributed by atoms with E-state index in [4.69, 9.17) is 4.74 Å². The standard InChI is InChI=1S/C19H30N2O2/c1-14(2)23-19-13-15(3)17(12-16(19)4)18(22)6-7-21-10-8-20(5)9-11-21/h12-14H,6-11H2,1-5H3. The minimum atomic E-state index is 0.145. The summed E-state index contributed by atoms with van der Waals surface area (Å²) in [6, 6.07) is 3.98. The Bertz CT molecular complexity index is 547. The SMILES string of the molecule is Cc1cc(C(=O)CCN2CCN(C)CC2)c(C)cc1OC(C)C. The summed E-state index contributed by atoms with van der Waals surface area (Å²) >= 11 is 0. The van der Waals surface area contributed by atoms with Gasteiger partial charge in [-0.2, -0.15) is 0 Å². The van der Waals surface area contributed by atoms with E-state index >= 15 is 0 Å². The molecule has 0 aliphatic carbocycles. The summed E-state index contributed by atoms with van der Waals surface area (Å²) in [6.45, 7) is 13.2. The van der Waals surface area contributed by atoms with Gasteiger partial charge in [0.05, 0.1) is 6.10 Å². The Morgan fingerprint density at radius 2 is 1.78 bits per heavy atom. The van der Waals surface area contributed by atoms with Crippen LogP contribution in [0.3, 0.4) is 0 Å². The lowest BCUT2D eigenvalue weighted by Crippen LogP contribution is -2.45. The minimum absolute atomic E-state index is 0.145. The van der Waals surface area contributed by atoms with Gasteiger partial charge in [0, 0.05) is 44.7 Å². The van der Waals surface area contributed by atoms with Crippen molar-refractivity contribution in [1.29, 1.82) is 0 Å². The van der Waals surface area contributed by atoms with Crippen molar-refractivity contribution in [1.82, 2.24) is 9.80 Å². The van der Waals surface area contributed by atoms with Crippen molar-refractivity contribution in [3.63, 3.8) is 0 Å². The fourth-order valence-electron chi connectivity index (χ4n) is 2.94. The highest BCUT2D eigenvalue weighted by molar-refractivity contribution is 5.98. The second kappa shape index (κ2) is 7.93. The quantitative estimate of drug-likeness (QED) is 0.755. The number of likely N-dealkylation sites (N-methyl/N-ethyl adjacent to an activating group) is 1. The van der Waals surface area contributed by atoms with Gasteiger partial charge >= 0.3 is 0 Å². The van der Waals surface area contributed by atoms with Crippen molar-refractivity contribution in [3.8, 4) is 5.75 Å². The summed E-state index contributed by atoms with van der Waals surface area (Å²) in [7, 11) is 2.15. The Balaban J connectivity index is 1.97. The average Bonchev–Trinajstić information content (AvgIpc) is 2.49. The number of Topliss-reactive ketones (excluding diaryl/α,β-unsaturated/α-hetero) is 1. The van der Waals surface area contributed by atoms with Gasteiger partial charge in [0.15, 0.2) is 5.78 Å². The molecule has 23 heavy (non-hydrogen) atoms. The Labute approximate surface area is 140 Å². The maximum Gasteiger partial charge on any atom is 0.164 e. The van der Waals surface area contributed by atoms with Crippen LogP contribution in [0.2, 0.25) is 0 Å². The summed E-state index contributed by atoms with van der Waals surface area (Å²) < 4.78 is 5.80. The predicted octanol–water partition coefficient (Wildman–Crippen LogP) is 2.91. The molecule has 0 spiro atoms. The van der Waals surface area contributed by atoms with Crippen LogP contribution in [0.1, 0.15) is 41.8 Å². The van der Waals surface area contributed by atoms with Crippen LogP contribution in [0.25, 0.3) is 0 Å². The molecule has 0 aromatic heterocycles. The largest absolute Gasteiger partial charge is 0.491 e. The molecule has 0 saturated carbocycles. The van der Waals surface area contributed by atoms with Crippen LogP contribution in [0.15, 0.2) is 12.1 Å². The number of benzene rings is 1. The zero-order valence-electron chi connectivity index (χ0n) is 15.2. The molecule has 1 aliphatic heterocycles. The van der Waals surface area contributed by atoms with Gasteiger partial charge in [-0.1, -0.05) is 0 Å². The topological polar surface area (TPSA) is 32.8 Å². The number of nitrogens with zero attached hydrogens (tertiary/aromatic N) is 2. The fourth-order valence-corrected chi connectivity index (χ4v) is 2.94. The highest BCUT2D eigenvalue weighted by Crippen LogP contribution is 2.25. The lowest BCUT2D eigenvalue weighted by Gasteiger charge is -2.32. The Hall–Kier alpha value is -1.39. The summed E-state index contributed by atoms with van der Waals surface area (Å²) in [5, 5.41) is 0. The molecule has 1 saturated heterocycles. The van der Waals surface area contributed by atoms with E-state index in [0.29, 0.717) is 6.42 Å². The molecule has 1 heterocycles. The van der Waals surface area contributed by atoms with Gasteiger partial charge in [-0.25, -0.2) is 0 Å². The summed E-state index contributed by atoms with van der Waals surface area (Å²) in [5.41, 5.74) is 2.88. The van der Waals surface area contributed by atoms with Gasteiger partial charge in [-0.05, 0) is 58.0 Å². The summed E-state index contributed by atoms with van der Waals surface area (Å²) in [4.78, 5) is 17.3. The predicted molar refractivity (Wildman–Crippen MR) is 94.6 cm³/mol. The molecule has 1 aliphatic rings. The first-order valence-electron chi connectivity index (χ1n) is 8.59. The summed E-state index contributed by atoms with van der Waals surface area (Å²) in [6.07, 6.45) is 0.737. The Kier molecular flexibility index (Phi) is 6.19. The van der Waals surface area contributed by atoms with E-state index in [1.807, 2.05) is 39.8 Å². The van der Waals surface area contributed by atoms with Crippen molar-refractivity contribution in [2.45, 2.75) is 40.2 Å². The molecule has 0 N–H and O–H groups in total. The van der Waals surface area contributed by atoms with Gasteiger partial charge in [0.1, 0.15) is 5.75 Å². The van der Waals surface area contributed by atoms with Crippen LogP contribution in [0.5, 0.6) is 5.75 Å². The van der Waals surface area contributed by atoms with E-state index in [2.05, 4.69) is 16.8 Å². The molecule has 0 bridgehead atoms. The molecular formula is C19H30N2O2. The zero-order chi connectivity index (χ0) is 17.0. The summed E-state index contributed by atoms with van der Waals surface area (Å²) in [5.74, 6) is 1.12. The van der Waals surface area contributed by atoms with Crippen LogP contribution < -0.4 is 4.74 Å². The van der Waals surface area contributed by atoms with Gasteiger partial charge in [0.25, 0.3) is 0 Å². The van der Waals surface area contributed by atoms with Gasteiger partial charge in [0.2, 0.25) is 0 Å². The van der Waals surface area contributed by atoms with Crippen molar-refractivity contribution >= 4 is 5.78 Å². The number of hydrogen-bond acceptors (Lipinski definition) is 4. The fraction of sp³-hybridized carbons (Fsp3) is 0.632.